The molecule has 2 N–H and O–H groups in total. The Bertz CT molecular complexity index is 470. The maximum Gasteiger partial charge on any atom is 0.247 e. The molecule has 84 valence electrons. The third-order valence-corrected chi connectivity index (χ3v) is 2.63. The predicted molar refractivity (Wildman–Crippen MR) is 64.8 cm³/mol. The lowest BCUT2D eigenvalue weighted by Gasteiger charge is -1.95. The highest BCUT2D eigenvalue weighted by molar-refractivity contribution is 9.10. The van der Waals surface area contributed by atoms with Gasteiger partial charge in [-0.15, -0.1) is 10.2 Å². The second kappa shape index (κ2) is 5.23. The van der Waals surface area contributed by atoms with E-state index < -0.39 is 0 Å². The van der Waals surface area contributed by atoms with E-state index in [0.717, 1.165) is 22.9 Å². The van der Waals surface area contributed by atoms with Crippen LogP contribution in [-0.4, -0.2) is 16.7 Å². The van der Waals surface area contributed by atoms with Crippen molar-refractivity contribution in [3.63, 3.8) is 0 Å². The molecular weight excluding hydrogens is 270 g/mol. The zero-order valence-corrected chi connectivity index (χ0v) is 10.3. The summed E-state index contributed by atoms with van der Waals surface area (Å²) in [5, 5.41) is 7.97. The van der Waals surface area contributed by atoms with E-state index in [2.05, 4.69) is 26.1 Å². The average Bonchev–Trinajstić information content (AvgIpc) is 2.75. The van der Waals surface area contributed by atoms with Crippen molar-refractivity contribution < 1.29 is 4.42 Å². The van der Waals surface area contributed by atoms with Crippen molar-refractivity contribution in [3.05, 3.63) is 34.6 Å². The first-order valence-electron chi connectivity index (χ1n) is 5.08. The van der Waals surface area contributed by atoms with Gasteiger partial charge in [-0.3, -0.25) is 0 Å². The highest BCUT2D eigenvalue weighted by Gasteiger charge is 2.07. The van der Waals surface area contributed by atoms with Gasteiger partial charge < -0.3 is 10.2 Å². The van der Waals surface area contributed by atoms with Crippen LogP contribution in [0.4, 0.5) is 0 Å². The van der Waals surface area contributed by atoms with Gasteiger partial charge in [-0.1, -0.05) is 22.0 Å². The summed E-state index contributed by atoms with van der Waals surface area (Å²) in [5.74, 6) is 1.19. The average molecular weight is 282 g/mol. The van der Waals surface area contributed by atoms with Gasteiger partial charge in [-0.2, -0.15) is 0 Å². The Hall–Kier alpha value is -1.20. The van der Waals surface area contributed by atoms with Gasteiger partial charge in [0.1, 0.15) is 0 Å². The number of aryl methyl sites for hydroxylation is 1. The highest BCUT2D eigenvalue weighted by Crippen LogP contribution is 2.21. The fourth-order valence-electron chi connectivity index (χ4n) is 1.35. The van der Waals surface area contributed by atoms with E-state index in [9.17, 15) is 0 Å². The summed E-state index contributed by atoms with van der Waals surface area (Å²) < 4.78 is 6.52. The first-order chi connectivity index (χ1) is 7.79. The van der Waals surface area contributed by atoms with Crippen molar-refractivity contribution in [1.82, 2.24) is 10.2 Å². The van der Waals surface area contributed by atoms with Crippen LogP contribution in [0.1, 0.15) is 12.3 Å². The Balaban J connectivity index is 2.18. The van der Waals surface area contributed by atoms with Crippen LogP contribution in [0.25, 0.3) is 11.5 Å². The molecule has 0 saturated heterocycles. The number of benzene rings is 1. The molecule has 2 rings (SSSR count). The first kappa shape index (κ1) is 11.3. The van der Waals surface area contributed by atoms with Gasteiger partial charge in [-0.25, -0.2) is 0 Å². The molecule has 5 heteroatoms. The summed E-state index contributed by atoms with van der Waals surface area (Å²) in [7, 11) is 0. The van der Waals surface area contributed by atoms with Crippen molar-refractivity contribution >= 4 is 15.9 Å². The van der Waals surface area contributed by atoms with Crippen molar-refractivity contribution in [2.45, 2.75) is 12.8 Å². The molecule has 1 aromatic carbocycles. The standard InChI is InChI=1S/C11H12BrN3O/c12-9-4-1-3-8(7-9)11-15-14-10(16-11)5-2-6-13/h1,3-4,7H,2,5-6,13H2. The molecule has 0 aliphatic heterocycles. The van der Waals surface area contributed by atoms with Crippen molar-refractivity contribution in [1.29, 1.82) is 0 Å². The van der Waals surface area contributed by atoms with E-state index in [0.29, 0.717) is 18.3 Å². The summed E-state index contributed by atoms with van der Waals surface area (Å²) >= 11 is 3.40. The molecule has 0 aliphatic carbocycles. The van der Waals surface area contributed by atoms with Crippen LogP contribution in [-0.2, 0) is 6.42 Å². The molecule has 1 aromatic heterocycles. The van der Waals surface area contributed by atoms with E-state index >= 15 is 0 Å². The van der Waals surface area contributed by atoms with Gasteiger partial charge in [0.15, 0.2) is 0 Å². The maximum absolute atomic E-state index is 5.53. The third-order valence-electron chi connectivity index (χ3n) is 2.13. The van der Waals surface area contributed by atoms with Gasteiger partial charge in [0.2, 0.25) is 11.8 Å². The van der Waals surface area contributed by atoms with Crippen molar-refractivity contribution in [2.24, 2.45) is 5.73 Å². The smallest absolute Gasteiger partial charge is 0.247 e. The Morgan fingerprint density at radius 3 is 2.94 bits per heavy atom. The molecule has 0 bridgehead atoms. The lowest BCUT2D eigenvalue weighted by Crippen LogP contribution is -2.00. The van der Waals surface area contributed by atoms with Crippen LogP contribution in [0.5, 0.6) is 0 Å². The number of nitrogens with two attached hydrogens (primary N) is 1. The maximum atomic E-state index is 5.53. The number of hydrogen-bond donors (Lipinski definition) is 1. The summed E-state index contributed by atoms with van der Waals surface area (Å²) in [6, 6.07) is 7.77. The summed E-state index contributed by atoms with van der Waals surface area (Å²) in [6.07, 6.45) is 1.59. The lowest BCUT2D eigenvalue weighted by atomic mass is 10.2. The highest BCUT2D eigenvalue weighted by atomic mass is 79.9. The molecule has 0 amide bonds. The zero-order chi connectivity index (χ0) is 11.4. The fourth-order valence-corrected chi connectivity index (χ4v) is 1.75. The number of nitrogens with zero attached hydrogens (tertiary/aromatic N) is 2. The Morgan fingerprint density at radius 1 is 1.31 bits per heavy atom. The van der Waals surface area contributed by atoms with E-state index in [1.165, 1.54) is 0 Å². The molecule has 0 unspecified atom stereocenters. The number of aromatic nitrogens is 2. The molecule has 16 heavy (non-hydrogen) atoms. The predicted octanol–water partition coefficient (Wildman–Crippen LogP) is 2.39. The molecule has 0 spiro atoms. The van der Waals surface area contributed by atoms with Gasteiger partial charge >= 0.3 is 0 Å². The minimum atomic E-state index is 0.549. The summed E-state index contributed by atoms with van der Waals surface area (Å²) in [4.78, 5) is 0. The Kier molecular flexibility index (Phi) is 3.69. The van der Waals surface area contributed by atoms with Crippen LogP contribution in [0.15, 0.2) is 33.2 Å². The minimum Gasteiger partial charge on any atom is -0.421 e. The Morgan fingerprint density at radius 2 is 2.19 bits per heavy atom. The Labute approximate surface area is 102 Å². The molecule has 0 fully saturated rings. The molecule has 2 aromatic rings. The normalized spacial score (nSPS) is 10.6. The molecule has 4 nitrogen and oxygen atoms in total. The molecule has 1 heterocycles. The second-order valence-electron chi connectivity index (χ2n) is 3.40. The molecule has 0 atom stereocenters. The molecule has 0 aliphatic rings. The van der Waals surface area contributed by atoms with Gasteiger partial charge in [0.05, 0.1) is 0 Å². The second-order valence-corrected chi connectivity index (χ2v) is 4.32. The molecular formula is C11H12BrN3O. The van der Waals surface area contributed by atoms with Crippen LogP contribution in [0.2, 0.25) is 0 Å². The monoisotopic (exact) mass is 281 g/mol. The largest absolute Gasteiger partial charge is 0.421 e. The van der Waals surface area contributed by atoms with Crippen LogP contribution in [0.3, 0.4) is 0 Å². The minimum absolute atomic E-state index is 0.549. The van der Waals surface area contributed by atoms with E-state index in [-0.39, 0.29) is 0 Å². The first-order valence-corrected chi connectivity index (χ1v) is 5.87. The number of hydrogen-bond acceptors (Lipinski definition) is 4. The quantitative estimate of drug-likeness (QED) is 0.935. The third kappa shape index (κ3) is 2.68. The lowest BCUT2D eigenvalue weighted by molar-refractivity contribution is 0.499. The van der Waals surface area contributed by atoms with Crippen LogP contribution >= 0.6 is 15.9 Å². The van der Waals surface area contributed by atoms with Crippen molar-refractivity contribution in [2.75, 3.05) is 6.54 Å². The fraction of sp³-hybridized carbons (Fsp3) is 0.273. The van der Waals surface area contributed by atoms with Gasteiger partial charge in [0.25, 0.3) is 0 Å². The number of halogens is 1. The van der Waals surface area contributed by atoms with Crippen LogP contribution in [0, 0.1) is 0 Å². The zero-order valence-electron chi connectivity index (χ0n) is 8.69. The van der Waals surface area contributed by atoms with Gasteiger partial charge in [-0.05, 0) is 31.2 Å². The summed E-state index contributed by atoms with van der Waals surface area (Å²) in [6.45, 7) is 0.634. The van der Waals surface area contributed by atoms with E-state index in [1.807, 2.05) is 24.3 Å². The van der Waals surface area contributed by atoms with Crippen molar-refractivity contribution in [3.8, 4) is 11.5 Å². The molecule has 0 radical (unpaired) electrons. The van der Waals surface area contributed by atoms with E-state index in [4.69, 9.17) is 10.2 Å². The van der Waals surface area contributed by atoms with Gasteiger partial charge in [0, 0.05) is 16.5 Å². The SMILES string of the molecule is NCCCc1nnc(-c2cccc(Br)c2)o1. The topological polar surface area (TPSA) is 64.9 Å². The number of rotatable bonds is 4. The van der Waals surface area contributed by atoms with E-state index in [1.54, 1.807) is 0 Å². The molecule has 0 saturated carbocycles. The van der Waals surface area contributed by atoms with Crippen LogP contribution < -0.4 is 5.73 Å². The summed E-state index contributed by atoms with van der Waals surface area (Å²) in [5.41, 5.74) is 6.34.